The number of thiophene rings is 1. The zero-order chi connectivity index (χ0) is 22.6. The Balaban J connectivity index is 1.38. The van der Waals surface area contributed by atoms with Crippen LogP contribution in [0.1, 0.15) is 20.9 Å². The van der Waals surface area contributed by atoms with E-state index >= 15 is 0 Å². The molecule has 0 fully saturated rings. The highest BCUT2D eigenvalue weighted by Crippen LogP contribution is 2.25. The standard InChI is InChI=1S/C24H17N5O3S/c30-22(21-8-4-12-33-21)19-14-27-29-20(9-11-26-23(19)29)16-5-3-7-17(13-16)28-24(31)32-15-18-6-1-2-10-25-18/h1-14H,15H2,(H,28,31). The van der Waals surface area contributed by atoms with E-state index < -0.39 is 6.09 Å². The number of ether oxygens (including phenoxy) is 1. The molecule has 0 spiro atoms. The maximum atomic E-state index is 12.8. The van der Waals surface area contributed by atoms with Gasteiger partial charge >= 0.3 is 6.09 Å². The predicted octanol–water partition coefficient (Wildman–Crippen LogP) is 4.83. The Bertz CT molecular complexity index is 1430. The molecule has 0 aliphatic rings. The number of anilines is 1. The van der Waals surface area contributed by atoms with Crippen molar-refractivity contribution in [3.63, 3.8) is 0 Å². The number of carbonyl (C=O) groups is 2. The number of ketones is 1. The highest BCUT2D eigenvalue weighted by atomic mass is 32.1. The van der Waals surface area contributed by atoms with Crippen LogP contribution in [0.25, 0.3) is 16.9 Å². The van der Waals surface area contributed by atoms with Crippen molar-refractivity contribution in [2.45, 2.75) is 6.61 Å². The monoisotopic (exact) mass is 455 g/mol. The normalized spacial score (nSPS) is 10.8. The van der Waals surface area contributed by atoms with Crippen LogP contribution >= 0.6 is 11.3 Å². The van der Waals surface area contributed by atoms with E-state index in [1.54, 1.807) is 53.3 Å². The Hall–Kier alpha value is -4.37. The molecule has 1 amide bonds. The number of rotatable bonds is 6. The molecule has 8 nitrogen and oxygen atoms in total. The summed E-state index contributed by atoms with van der Waals surface area (Å²) in [6.45, 7) is 0.0751. The molecule has 4 heterocycles. The number of aromatic nitrogens is 4. The van der Waals surface area contributed by atoms with Gasteiger partial charge in [0.05, 0.1) is 28.0 Å². The highest BCUT2D eigenvalue weighted by molar-refractivity contribution is 7.12. The number of hydrogen-bond donors (Lipinski definition) is 1. The summed E-state index contributed by atoms with van der Waals surface area (Å²) >= 11 is 1.38. The number of pyridine rings is 1. The van der Waals surface area contributed by atoms with Gasteiger partial charge in [0.1, 0.15) is 6.61 Å². The lowest BCUT2D eigenvalue weighted by Gasteiger charge is -2.09. The molecule has 0 saturated heterocycles. The van der Waals surface area contributed by atoms with E-state index in [-0.39, 0.29) is 12.4 Å². The zero-order valence-electron chi connectivity index (χ0n) is 17.2. The van der Waals surface area contributed by atoms with Crippen LogP contribution in [-0.4, -0.2) is 31.5 Å². The predicted molar refractivity (Wildman–Crippen MR) is 124 cm³/mol. The molecule has 4 aromatic heterocycles. The van der Waals surface area contributed by atoms with E-state index in [2.05, 4.69) is 20.4 Å². The van der Waals surface area contributed by atoms with E-state index in [9.17, 15) is 9.59 Å². The number of hydrogen-bond acceptors (Lipinski definition) is 7. The van der Waals surface area contributed by atoms with Crippen molar-refractivity contribution in [3.8, 4) is 11.3 Å². The molecule has 5 aromatic rings. The van der Waals surface area contributed by atoms with Gasteiger partial charge in [-0.05, 0) is 41.8 Å². The minimum absolute atomic E-state index is 0.0751. The van der Waals surface area contributed by atoms with Crippen LogP contribution in [0.3, 0.4) is 0 Å². The molecular weight excluding hydrogens is 438 g/mol. The van der Waals surface area contributed by atoms with Gasteiger partial charge in [-0.15, -0.1) is 11.3 Å². The molecule has 0 saturated carbocycles. The molecule has 1 N–H and O–H groups in total. The topological polar surface area (TPSA) is 98.5 Å². The average molecular weight is 455 g/mol. The minimum atomic E-state index is -0.583. The number of nitrogens with zero attached hydrogens (tertiary/aromatic N) is 4. The Morgan fingerprint density at radius 3 is 2.76 bits per heavy atom. The minimum Gasteiger partial charge on any atom is -0.443 e. The summed E-state index contributed by atoms with van der Waals surface area (Å²) in [5.41, 5.74) is 3.65. The summed E-state index contributed by atoms with van der Waals surface area (Å²) in [5, 5.41) is 8.98. The van der Waals surface area contributed by atoms with Gasteiger partial charge in [-0.3, -0.25) is 15.1 Å². The molecule has 162 valence electrons. The quantitative estimate of drug-likeness (QED) is 0.368. The highest BCUT2D eigenvalue weighted by Gasteiger charge is 2.18. The molecule has 0 atom stereocenters. The Morgan fingerprint density at radius 2 is 1.94 bits per heavy atom. The first-order valence-electron chi connectivity index (χ1n) is 10.0. The smallest absolute Gasteiger partial charge is 0.412 e. The van der Waals surface area contributed by atoms with Crippen molar-refractivity contribution in [2.24, 2.45) is 0 Å². The molecule has 0 aliphatic heterocycles. The molecule has 5 rings (SSSR count). The number of carbonyl (C=O) groups excluding carboxylic acids is 2. The third kappa shape index (κ3) is 4.35. The van der Waals surface area contributed by atoms with Gasteiger partial charge < -0.3 is 4.74 Å². The molecule has 0 radical (unpaired) electrons. The van der Waals surface area contributed by atoms with Crippen LogP contribution in [-0.2, 0) is 11.3 Å². The van der Waals surface area contributed by atoms with Crippen molar-refractivity contribution < 1.29 is 14.3 Å². The third-order valence-electron chi connectivity index (χ3n) is 4.87. The summed E-state index contributed by atoms with van der Waals surface area (Å²) in [6, 6.07) is 18.1. The maximum Gasteiger partial charge on any atom is 0.412 e. The van der Waals surface area contributed by atoms with E-state index in [0.717, 1.165) is 11.3 Å². The summed E-state index contributed by atoms with van der Waals surface area (Å²) in [7, 11) is 0. The van der Waals surface area contributed by atoms with Crippen LogP contribution in [0.4, 0.5) is 10.5 Å². The largest absolute Gasteiger partial charge is 0.443 e. The number of fused-ring (bicyclic) bond motifs is 1. The fourth-order valence-corrected chi connectivity index (χ4v) is 4.02. The van der Waals surface area contributed by atoms with E-state index in [4.69, 9.17) is 4.74 Å². The van der Waals surface area contributed by atoms with Gasteiger partial charge in [-0.2, -0.15) is 5.10 Å². The number of amides is 1. The second kappa shape index (κ2) is 9.01. The lowest BCUT2D eigenvalue weighted by Crippen LogP contribution is -2.14. The van der Waals surface area contributed by atoms with E-state index in [1.165, 1.54) is 17.5 Å². The van der Waals surface area contributed by atoms with Gasteiger partial charge in [0, 0.05) is 23.6 Å². The van der Waals surface area contributed by atoms with Gasteiger partial charge in [-0.25, -0.2) is 14.3 Å². The molecule has 0 unspecified atom stereocenters. The lowest BCUT2D eigenvalue weighted by molar-refractivity contribution is 0.104. The van der Waals surface area contributed by atoms with Crippen LogP contribution in [0, 0.1) is 0 Å². The van der Waals surface area contributed by atoms with Crippen molar-refractivity contribution >= 4 is 34.5 Å². The molecule has 33 heavy (non-hydrogen) atoms. The fourth-order valence-electron chi connectivity index (χ4n) is 3.34. The van der Waals surface area contributed by atoms with Crippen LogP contribution in [0.5, 0.6) is 0 Å². The summed E-state index contributed by atoms with van der Waals surface area (Å²) in [6.07, 6.45) is 4.23. The van der Waals surface area contributed by atoms with Crippen molar-refractivity contribution in [1.29, 1.82) is 0 Å². The van der Waals surface area contributed by atoms with Crippen LogP contribution in [0.2, 0.25) is 0 Å². The molecule has 1 aromatic carbocycles. The van der Waals surface area contributed by atoms with Crippen molar-refractivity contribution in [1.82, 2.24) is 19.6 Å². The Morgan fingerprint density at radius 1 is 1.00 bits per heavy atom. The first-order chi connectivity index (χ1) is 16.2. The number of benzene rings is 1. The first kappa shape index (κ1) is 20.5. The van der Waals surface area contributed by atoms with E-state index in [0.29, 0.717) is 27.5 Å². The maximum absolute atomic E-state index is 12.8. The second-order valence-corrected chi connectivity index (χ2v) is 7.98. The van der Waals surface area contributed by atoms with Gasteiger partial charge in [0.25, 0.3) is 0 Å². The van der Waals surface area contributed by atoms with Crippen LogP contribution in [0.15, 0.2) is 84.6 Å². The first-order valence-corrected chi connectivity index (χ1v) is 10.9. The average Bonchev–Trinajstić information content (AvgIpc) is 3.54. The van der Waals surface area contributed by atoms with Gasteiger partial charge in [0.2, 0.25) is 5.78 Å². The SMILES string of the molecule is O=C(Nc1cccc(-c2ccnc3c(C(=O)c4cccs4)cnn23)c1)OCc1ccccn1. The van der Waals surface area contributed by atoms with Gasteiger partial charge in [0.15, 0.2) is 5.65 Å². The summed E-state index contributed by atoms with van der Waals surface area (Å²) in [4.78, 5) is 34.2. The summed E-state index contributed by atoms with van der Waals surface area (Å²) < 4.78 is 6.86. The third-order valence-corrected chi connectivity index (χ3v) is 5.74. The molecule has 0 bridgehead atoms. The van der Waals surface area contributed by atoms with Crippen molar-refractivity contribution in [2.75, 3.05) is 5.32 Å². The second-order valence-electron chi connectivity index (χ2n) is 7.03. The molecule has 9 heteroatoms. The number of nitrogens with one attached hydrogen (secondary N) is 1. The van der Waals surface area contributed by atoms with E-state index in [1.807, 2.05) is 29.6 Å². The van der Waals surface area contributed by atoms with Gasteiger partial charge in [-0.1, -0.05) is 24.3 Å². The van der Waals surface area contributed by atoms with Crippen LogP contribution < -0.4 is 5.32 Å². The molecule has 0 aliphatic carbocycles. The Labute approximate surface area is 192 Å². The molecular formula is C24H17N5O3S. The lowest BCUT2D eigenvalue weighted by atomic mass is 10.1. The zero-order valence-corrected chi connectivity index (χ0v) is 18.0. The summed E-state index contributed by atoms with van der Waals surface area (Å²) in [5.74, 6) is -0.115. The fraction of sp³-hybridized carbons (Fsp3) is 0.0417. The Kier molecular flexibility index (Phi) is 5.61. The van der Waals surface area contributed by atoms with Crippen molar-refractivity contribution in [3.05, 3.63) is 101 Å².